The van der Waals surface area contributed by atoms with Gasteiger partial charge in [0, 0.05) is 10.5 Å². The summed E-state index contributed by atoms with van der Waals surface area (Å²) in [6.45, 7) is 5.05. The van der Waals surface area contributed by atoms with E-state index in [1.165, 1.54) is 12.1 Å². The molecular formula is C14H21FNO6P. The lowest BCUT2D eigenvalue weighted by atomic mass is 10.1. The molecule has 23 heavy (non-hydrogen) atoms. The minimum absolute atomic E-state index is 0.237. The summed E-state index contributed by atoms with van der Waals surface area (Å²) < 4.78 is 37.2. The molecular weight excluding hydrogens is 328 g/mol. The van der Waals surface area contributed by atoms with E-state index >= 15 is 0 Å². The van der Waals surface area contributed by atoms with Crippen LogP contribution in [0.15, 0.2) is 24.3 Å². The topological polar surface area (TPSA) is 98.9 Å². The maximum absolute atomic E-state index is 13.5. The minimum atomic E-state index is -4.40. The Balaban J connectivity index is 3.51. The van der Waals surface area contributed by atoms with E-state index in [1.54, 1.807) is 27.7 Å². The van der Waals surface area contributed by atoms with Gasteiger partial charge >= 0.3 is 7.60 Å². The van der Waals surface area contributed by atoms with Crippen LogP contribution in [0.3, 0.4) is 0 Å². The zero-order chi connectivity index (χ0) is 17.8. The Labute approximate surface area is 134 Å². The van der Waals surface area contributed by atoms with Gasteiger partial charge in [0.2, 0.25) is 6.54 Å². The SMILES string of the molecule is CC(C)OP(=O)(OC(C)C)C(O)(C[N+](=O)[O-])c1cccc(F)c1. The maximum Gasteiger partial charge on any atom is 0.374 e. The van der Waals surface area contributed by atoms with Crippen LogP contribution in [-0.4, -0.2) is 28.8 Å². The van der Waals surface area contributed by atoms with Gasteiger partial charge in [-0.05, 0) is 39.8 Å². The fraction of sp³-hybridized carbons (Fsp3) is 0.571. The fourth-order valence-corrected chi connectivity index (χ4v) is 4.26. The van der Waals surface area contributed by atoms with Crippen molar-refractivity contribution in [3.8, 4) is 0 Å². The maximum atomic E-state index is 13.5. The normalized spacial score (nSPS) is 15.0. The summed E-state index contributed by atoms with van der Waals surface area (Å²) in [5.41, 5.74) is -0.237. The highest BCUT2D eigenvalue weighted by molar-refractivity contribution is 7.55. The quantitative estimate of drug-likeness (QED) is 0.439. The molecule has 0 aliphatic carbocycles. The molecule has 0 saturated heterocycles. The van der Waals surface area contributed by atoms with E-state index in [1.807, 2.05) is 0 Å². The molecule has 7 nitrogen and oxygen atoms in total. The van der Waals surface area contributed by atoms with E-state index in [0.29, 0.717) is 0 Å². The standard InChI is InChI=1S/C14H21FNO6P/c1-10(2)21-23(20,22-11(3)4)14(17,9-16(18)19)12-6-5-7-13(15)8-12/h5-8,10-11,17H,9H2,1-4H3. The summed E-state index contributed by atoms with van der Waals surface area (Å²) in [4.78, 5) is 10.2. The number of nitrogens with zero attached hydrogens (tertiary/aromatic N) is 1. The van der Waals surface area contributed by atoms with Gasteiger partial charge in [0.1, 0.15) is 5.82 Å². The van der Waals surface area contributed by atoms with E-state index < -0.39 is 42.4 Å². The summed E-state index contributed by atoms with van der Waals surface area (Å²) >= 11 is 0. The molecule has 1 aromatic rings. The molecule has 1 rings (SSSR count). The first-order valence-corrected chi connectivity index (χ1v) is 8.61. The monoisotopic (exact) mass is 349 g/mol. The van der Waals surface area contributed by atoms with Crippen LogP contribution in [0.25, 0.3) is 0 Å². The van der Waals surface area contributed by atoms with Crippen molar-refractivity contribution < 1.29 is 28.0 Å². The molecule has 0 amide bonds. The van der Waals surface area contributed by atoms with Gasteiger partial charge in [0.05, 0.1) is 12.2 Å². The molecule has 9 heteroatoms. The van der Waals surface area contributed by atoms with Crippen molar-refractivity contribution in [1.82, 2.24) is 0 Å². The van der Waals surface area contributed by atoms with Gasteiger partial charge in [-0.1, -0.05) is 12.1 Å². The van der Waals surface area contributed by atoms with Crippen LogP contribution in [-0.2, 0) is 19.0 Å². The van der Waals surface area contributed by atoms with Crippen molar-refractivity contribution in [1.29, 1.82) is 0 Å². The second-order valence-electron chi connectivity index (χ2n) is 5.62. The first-order chi connectivity index (χ1) is 10.5. The first kappa shape index (κ1) is 19.7. The molecule has 1 N–H and O–H groups in total. The Kier molecular flexibility index (Phi) is 6.41. The molecule has 0 fully saturated rings. The van der Waals surface area contributed by atoms with Crippen LogP contribution in [0.2, 0.25) is 0 Å². The largest absolute Gasteiger partial charge is 0.374 e. The van der Waals surface area contributed by atoms with Gasteiger partial charge < -0.3 is 14.2 Å². The number of hydrogen-bond donors (Lipinski definition) is 1. The molecule has 0 saturated carbocycles. The number of rotatable bonds is 8. The van der Waals surface area contributed by atoms with Gasteiger partial charge in [0.25, 0.3) is 5.34 Å². The molecule has 0 aliphatic heterocycles. The fourth-order valence-electron chi connectivity index (χ4n) is 2.01. The van der Waals surface area contributed by atoms with E-state index in [2.05, 4.69) is 0 Å². The van der Waals surface area contributed by atoms with Crippen molar-refractivity contribution in [3.63, 3.8) is 0 Å². The van der Waals surface area contributed by atoms with Crippen LogP contribution in [0.5, 0.6) is 0 Å². The summed E-state index contributed by atoms with van der Waals surface area (Å²) in [5.74, 6) is -0.732. The van der Waals surface area contributed by atoms with Crippen LogP contribution >= 0.6 is 7.60 Å². The molecule has 0 radical (unpaired) electrons. The van der Waals surface area contributed by atoms with Gasteiger partial charge in [-0.25, -0.2) is 4.39 Å². The van der Waals surface area contributed by atoms with E-state index in [4.69, 9.17) is 9.05 Å². The van der Waals surface area contributed by atoms with Crippen molar-refractivity contribution in [2.75, 3.05) is 6.54 Å². The van der Waals surface area contributed by atoms with Crippen molar-refractivity contribution in [3.05, 3.63) is 45.8 Å². The number of hydrogen-bond acceptors (Lipinski definition) is 6. The van der Waals surface area contributed by atoms with Crippen LogP contribution < -0.4 is 0 Å². The molecule has 1 aromatic carbocycles. The minimum Gasteiger partial charge on any atom is -0.368 e. The Morgan fingerprint density at radius 2 is 1.83 bits per heavy atom. The molecule has 0 bridgehead atoms. The number of aliphatic hydroxyl groups is 1. The van der Waals surface area contributed by atoms with Crippen molar-refractivity contribution in [2.24, 2.45) is 0 Å². The van der Waals surface area contributed by atoms with Crippen LogP contribution in [0.4, 0.5) is 4.39 Å². The van der Waals surface area contributed by atoms with E-state index in [0.717, 1.165) is 12.1 Å². The Morgan fingerprint density at radius 1 is 1.30 bits per heavy atom. The molecule has 1 atom stereocenters. The van der Waals surface area contributed by atoms with Crippen molar-refractivity contribution in [2.45, 2.75) is 45.2 Å². The zero-order valence-corrected chi connectivity index (χ0v) is 14.3. The summed E-state index contributed by atoms with van der Waals surface area (Å²) in [6, 6.07) is 4.48. The lowest BCUT2D eigenvalue weighted by Gasteiger charge is -2.34. The third-order valence-corrected chi connectivity index (χ3v) is 5.49. The number of benzene rings is 1. The Bertz CT molecular complexity index is 595. The van der Waals surface area contributed by atoms with E-state index in [9.17, 15) is 24.2 Å². The third kappa shape index (κ3) is 4.81. The highest BCUT2D eigenvalue weighted by atomic mass is 31.2. The van der Waals surface area contributed by atoms with Gasteiger partial charge in [0.15, 0.2) is 0 Å². The number of nitro groups is 1. The van der Waals surface area contributed by atoms with Crippen LogP contribution in [0, 0.1) is 15.9 Å². The van der Waals surface area contributed by atoms with Gasteiger partial charge in [-0.3, -0.25) is 14.7 Å². The highest BCUT2D eigenvalue weighted by Crippen LogP contribution is 2.65. The highest BCUT2D eigenvalue weighted by Gasteiger charge is 2.56. The second kappa shape index (κ2) is 7.49. The smallest absolute Gasteiger partial charge is 0.368 e. The third-order valence-electron chi connectivity index (χ3n) is 2.79. The zero-order valence-electron chi connectivity index (χ0n) is 13.4. The van der Waals surface area contributed by atoms with Gasteiger partial charge in [-0.15, -0.1) is 0 Å². The van der Waals surface area contributed by atoms with Crippen LogP contribution in [0.1, 0.15) is 33.3 Å². The Hall–Kier alpha value is -1.34. The molecule has 130 valence electrons. The first-order valence-electron chi connectivity index (χ1n) is 7.07. The average Bonchev–Trinajstić information content (AvgIpc) is 2.35. The van der Waals surface area contributed by atoms with E-state index in [-0.39, 0.29) is 5.56 Å². The van der Waals surface area contributed by atoms with Crippen molar-refractivity contribution >= 4 is 7.60 Å². The second-order valence-corrected chi connectivity index (χ2v) is 7.78. The predicted octanol–water partition coefficient (Wildman–Crippen LogP) is 3.29. The molecule has 0 spiro atoms. The predicted molar refractivity (Wildman–Crippen MR) is 82.2 cm³/mol. The molecule has 0 aliphatic rings. The molecule has 0 aromatic heterocycles. The van der Waals surface area contributed by atoms with Gasteiger partial charge in [-0.2, -0.15) is 0 Å². The lowest BCUT2D eigenvalue weighted by Crippen LogP contribution is -2.37. The lowest BCUT2D eigenvalue weighted by molar-refractivity contribution is -0.496. The summed E-state index contributed by atoms with van der Waals surface area (Å²) in [7, 11) is -4.40. The Morgan fingerprint density at radius 3 is 2.22 bits per heavy atom. The summed E-state index contributed by atoms with van der Waals surface area (Å²) in [5, 5.41) is 19.3. The molecule has 0 heterocycles. The number of halogens is 1. The summed E-state index contributed by atoms with van der Waals surface area (Å²) in [6.07, 6.45) is -1.27. The molecule has 1 unspecified atom stereocenters. The average molecular weight is 349 g/mol.